The molecule has 2 aliphatic heterocycles. The number of sulfone groups is 1. The second-order valence-corrected chi connectivity index (χ2v) is 13.6. The van der Waals surface area contributed by atoms with Crippen molar-refractivity contribution >= 4 is 50.4 Å². The maximum absolute atomic E-state index is 11.8. The van der Waals surface area contributed by atoms with Crippen LogP contribution in [0.5, 0.6) is 11.5 Å². The summed E-state index contributed by atoms with van der Waals surface area (Å²) in [6.45, 7) is 7.38. The third-order valence-electron chi connectivity index (χ3n) is 7.82. The molecule has 9 nitrogen and oxygen atoms in total. The molecule has 3 aromatic rings. The summed E-state index contributed by atoms with van der Waals surface area (Å²) in [7, 11) is -1.29. The Morgan fingerprint density at radius 1 is 0.976 bits per heavy atom. The lowest BCUT2D eigenvalue weighted by Gasteiger charge is -2.41. The molecule has 0 unspecified atom stereocenters. The molecule has 5 rings (SSSR count). The minimum absolute atomic E-state index is 0.156. The van der Waals surface area contributed by atoms with Gasteiger partial charge in [-0.3, -0.25) is 4.90 Å². The summed E-state index contributed by atoms with van der Waals surface area (Å²) in [5, 5.41) is 4.22. The van der Waals surface area contributed by atoms with Crippen molar-refractivity contribution in [3.05, 3.63) is 63.4 Å². The van der Waals surface area contributed by atoms with E-state index >= 15 is 0 Å². The second-order valence-electron chi connectivity index (χ2n) is 10.6. The van der Waals surface area contributed by atoms with Crippen LogP contribution in [-0.2, 0) is 16.4 Å². The SMILES string of the molecule is COc1cc(C)c(Cl)c(COc2cnc(Nc3ccc(N4CCC(N5CCS(=O)(=O)CC5)CC4)c(C)c3)nc2)c1Cl. The fourth-order valence-electron chi connectivity index (χ4n) is 5.47. The molecule has 0 saturated carbocycles. The van der Waals surface area contributed by atoms with Crippen LogP contribution in [0.25, 0.3) is 0 Å². The molecule has 220 valence electrons. The summed E-state index contributed by atoms with van der Waals surface area (Å²) in [6.07, 6.45) is 5.29. The van der Waals surface area contributed by atoms with E-state index in [2.05, 4.69) is 44.1 Å². The van der Waals surface area contributed by atoms with Crippen molar-refractivity contribution in [2.45, 2.75) is 39.3 Å². The summed E-state index contributed by atoms with van der Waals surface area (Å²) in [5.74, 6) is 2.07. The van der Waals surface area contributed by atoms with E-state index in [9.17, 15) is 8.42 Å². The van der Waals surface area contributed by atoms with Gasteiger partial charge < -0.3 is 19.7 Å². The highest BCUT2D eigenvalue weighted by Crippen LogP contribution is 2.36. The van der Waals surface area contributed by atoms with Crippen LogP contribution in [0.4, 0.5) is 17.3 Å². The Morgan fingerprint density at radius 2 is 1.66 bits per heavy atom. The third kappa shape index (κ3) is 6.99. The molecular formula is C29H35Cl2N5O4S. The van der Waals surface area contributed by atoms with Gasteiger partial charge in [0.25, 0.3) is 0 Å². The van der Waals surface area contributed by atoms with Crippen LogP contribution >= 0.6 is 23.2 Å². The highest BCUT2D eigenvalue weighted by Gasteiger charge is 2.30. The van der Waals surface area contributed by atoms with E-state index in [-0.39, 0.29) is 18.1 Å². The van der Waals surface area contributed by atoms with Gasteiger partial charge in [0.05, 0.1) is 41.1 Å². The van der Waals surface area contributed by atoms with Gasteiger partial charge in [-0.15, -0.1) is 0 Å². The van der Waals surface area contributed by atoms with Crippen LogP contribution in [-0.4, -0.2) is 74.1 Å². The Bertz CT molecular complexity index is 1480. The van der Waals surface area contributed by atoms with Crippen molar-refractivity contribution in [3.63, 3.8) is 0 Å². The molecule has 1 N–H and O–H groups in total. The van der Waals surface area contributed by atoms with Crippen LogP contribution < -0.4 is 19.7 Å². The van der Waals surface area contributed by atoms with Crippen LogP contribution in [0, 0.1) is 13.8 Å². The first-order valence-corrected chi connectivity index (χ1v) is 16.2. The van der Waals surface area contributed by atoms with Crippen LogP contribution in [0.3, 0.4) is 0 Å². The van der Waals surface area contributed by atoms with Crippen molar-refractivity contribution in [2.24, 2.45) is 0 Å². The van der Waals surface area contributed by atoms with Gasteiger partial charge in [0.2, 0.25) is 5.95 Å². The van der Waals surface area contributed by atoms with Gasteiger partial charge >= 0.3 is 0 Å². The zero-order chi connectivity index (χ0) is 29.1. The number of nitrogens with one attached hydrogen (secondary N) is 1. The molecular weight excluding hydrogens is 585 g/mol. The fraction of sp³-hybridized carbons (Fsp3) is 0.448. The molecule has 0 atom stereocenters. The van der Waals surface area contributed by atoms with E-state index in [1.54, 1.807) is 25.6 Å². The maximum atomic E-state index is 11.8. The molecule has 41 heavy (non-hydrogen) atoms. The van der Waals surface area contributed by atoms with Gasteiger partial charge in [-0.25, -0.2) is 18.4 Å². The number of piperidine rings is 1. The number of ether oxygens (including phenoxy) is 2. The summed E-state index contributed by atoms with van der Waals surface area (Å²) in [4.78, 5) is 13.6. The quantitative estimate of drug-likeness (QED) is 0.354. The second kappa shape index (κ2) is 12.6. The normalized spacial score (nSPS) is 17.8. The molecule has 2 saturated heterocycles. The largest absolute Gasteiger partial charge is 0.495 e. The van der Waals surface area contributed by atoms with Gasteiger partial charge in [-0.2, -0.15) is 0 Å². The number of methoxy groups -OCH3 is 1. The molecule has 0 bridgehead atoms. The Balaban J connectivity index is 1.15. The number of nitrogens with zero attached hydrogens (tertiary/aromatic N) is 4. The lowest BCUT2D eigenvalue weighted by molar-refractivity contribution is 0.182. The minimum Gasteiger partial charge on any atom is -0.495 e. The number of hydrogen-bond donors (Lipinski definition) is 1. The third-order valence-corrected chi connectivity index (χ3v) is 10.4. The first-order valence-electron chi connectivity index (χ1n) is 13.7. The molecule has 0 radical (unpaired) electrons. The van der Waals surface area contributed by atoms with Crippen LogP contribution in [0.1, 0.15) is 29.5 Å². The van der Waals surface area contributed by atoms with Crippen molar-refractivity contribution < 1.29 is 17.9 Å². The number of anilines is 3. The highest BCUT2D eigenvalue weighted by molar-refractivity contribution is 7.91. The van der Waals surface area contributed by atoms with Crippen molar-refractivity contribution in [3.8, 4) is 11.5 Å². The molecule has 2 aliphatic rings. The zero-order valence-corrected chi connectivity index (χ0v) is 25.8. The monoisotopic (exact) mass is 619 g/mol. The summed E-state index contributed by atoms with van der Waals surface area (Å²) < 4.78 is 34.7. The molecule has 2 fully saturated rings. The van der Waals surface area contributed by atoms with Crippen LogP contribution in [0.2, 0.25) is 10.0 Å². The lowest BCUT2D eigenvalue weighted by Crippen LogP contribution is -2.50. The standard InChI is InChI=1S/C29H35Cl2N5O4S/c1-19-14-21(4-5-25(19)36-8-6-22(7-9-36)35-10-12-41(37,38)13-11-35)34-29-32-16-23(17-33-29)40-18-24-27(30)20(2)15-26(39-3)28(24)31/h4-5,14-17,22H,6-13,18H2,1-3H3,(H,32,33,34). The maximum Gasteiger partial charge on any atom is 0.227 e. The van der Waals surface area contributed by atoms with Crippen molar-refractivity contribution in [2.75, 3.05) is 55.0 Å². The number of aryl methyl sites for hydroxylation is 2. The Hall–Kier alpha value is -2.79. The Labute approximate surface area is 251 Å². The molecule has 0 aliphatic carbocycles. The summed E-state index contributed by atoms with van der Waals surface area (Å²) in [6, 6.07) is 8.52. The molecule has 12 heteroatoms. The van der Waals surface area contributed by atoms with Gasteiger partial charge in [-0.05, 0) is 62.1 Å². The number of aromatic nitrogens is 2. The fourth-order valence-corrected chi connectivity index (χ4v) is 7.24. The van der Waals surface area contributed by atoms with Gasteiger partial charge in [-0.1, -0.05) is 23.2 Å². The van der Waals surface area contributed by atoms with E-state index in [1.165, 1.54) is 11.3 Å². The van der Waals surface area contributed by atoms with E-state index < -0.39 is 9.84 Å². The molecule has 3 heterocycles. The van der Waals surface area contributed by atoms with E-state index in [0.29, 0.717) is 52.2 Å². The number of halogens is 2. The van der Waals surface area contributed by atoms with E-state index in [4.69, 9.17) is 32.7 Å². The van der Waals surface area contributed by atoms with Crippen molar-refractivity contribution in [1.82, 2.24) is 14.9 Å². The zero-order valence-electron chi connectivity index (χ0n) is 23.5. The Kier molecular flexibility index (Phi) is 9.13. The van der Waals surface area contributed by atoms with Gasteiger partial charge in [0, 0.05) is 49.2 Å². The number of benzene rings is 2. The minimum atomic E-state index is -2.85. The number of rotatable bonds is 8. The first-order chi connectivity index (χ1) is 19.6. The van der Waals surface area contributed by atoms with Gasteiger partial charge in [0.15, 0.2) is 15.6 Å². The summed E-state index contributed by atoms with van der Waals surface area (Å²) >= 11 is 12.9. The average Bonchev–Trinajstić information content (AvgIpc) is 2.96. The highest BCUT2D eigenvalue weighted by atomic mass is 35.5. The number of hydrogen-bond acceptors (Lipinski definition) is 9. The average molecular weight is 621 g/mol. The molecule has 2 aromatic carbocycles. The molecule has 0 spiro atoms. The van der Waals surface area contributed by atoms with E-state index in [0.717, 1.165) is 37.2 Å². The van der Waals surface area contributed by atoms with Gasteiger partial charge in [0.1, 0.15) is 12.4 Å². The smallest absolute Gasteiger partial charge is 0.227 e. The summed E-state index contributed by atoms with van der Waals surface area (Å²) in [5.41, 5.74) is 4.78. The first kappa shape index (κ1) is 29.7. The molecule has 0 amide bonds. The predicted octanol–water partition coefficient (Wildman–Crippen LogP) is 5.43. The van der Waals surface area contributed by atoms with Crippen molar-refractivity contribution in [1.29, 1.82) is 0 Å². The lowest BCUT2D eigenvalue weighted by atomic mass is 10.0. The predicted molar refractivity (Wildman–Crippen MR) is 164 cm³/mol. The topological polar surface area (TPSA) is 96.9 Å². The Morgan fingerprint density at radius 3 is 2.29 bits per heavy atom. The van der Waals surface area contributed by atoms with E-state index in [1.807, 2.05) is 13.0 Å². The molecule has 1 aromatic heterocycles. The van der Waals surface area contributed by atoms with Crippen LogP contribution in [0.15, 0.2) is 36.7 Å².